The molecular formula is C22H17BrN2O3. The number of oxazole rings is 1. The highest BCUT2D eigenvalue weighted by atomic mass is 79.9. The maximum Gasteiger partial charge on any atom is 0.262 e. The lowest BCUT2D eigenvalue weighted by atomic mass is 10.2. The van der Waals surface area contributed by atoms with Crippen LogP contribution >= 0.6 is 15.9 Å². The van der Waals surface area contributed by atoms with E-state index < -0.39 is 0 Å². The summed E-state index contributed by atoms with van der Waals surface area (Å²) in [6.07, 6.45) is 0. The molecule has 140 valence electrons. The van der Waals surface area contributed by atoms with Gasteiger partial charge in [-0.25, -0.2) is 4.98 Å². The molecule has 4 aromatic rings. The number of carbonyl (C=O) groups is 1. The molecule has 0 spiro atoms. The second-order valence-electron chi connectivity index (χ2n) is 6.36. The lowest BCUT2D eigenvalue weighted by Crippen LogP contribution is -2.20. The Bertz CT molecular complexity index is 1140. The molecule has 0 aliphatic heterocycles. The highest BCUT2D eigenvalue weighted by Gasteiger charge is 2.10. The number of nitrogens with zero attached hydrogens (tertiary/aromatic N) is 1. The minimum absolute atomic E-state index is 0.0663. The van der Waals surface area contributed by atoms with Gasteiger partial charge in [0, 0.05) is 15.7 Å². The maximum absolute atomic E-state index is 12.2. The Hall–Kier alpha value is -3.12. The quantitative estimate of drug-likeness (QED) is 0.443. The molecular weight excluding hydrogens is 420 g/mol. The number of benzene rings is 3. The molecule has 1 heterocycles. The largest absolute Gasteiger partial charge is 0.484 e. The molecule has 28 heavy (non-hydrogen) atoms. The molecule has 0 radical (unpaired) electrons. The summed E-state index contributed by atoms with van der Waals surface area (Å²) in [5.74, 6) is 0.949. The fourth-order valence-electron chi connectivity index (χ4n) is 2.73. The number of anilines is 1. The van der Waals surface area contributed by atoms with Crippen LogP contribution in [0.15, 0.2) is 75.6 Å². The van der Waals surface area contributed by atoms with Gasteiger partial charge in [0.15, 0.2) is 12.2 Å². The first-order valence-corrected chi connectivity index (χ1v) is 9.52. The summed E-state index contributed by atoms with van der Waals surface area (Å²) in [5.41, 5.74) is 3.98. The van der Waals surface area contributed by atoms with Crippen LogP contribution in [0.4, 0.5) is 5.69 Å². The van der Waals surface area contributed by atoms with E-state index in [0.29, 0.717) is 28.4 Å². The zero-order chi connectivity index (χ0) is 19.5. The fourth-order valence-corrected chi connectivity index (χ4v) is 3.13. The summed E-state index contributed by atoms with van der Waals surface area (Å²) in [5, 5.41) is 2.82. The van der Waals surface area contributed by atoms with Gasteiger partial charge in [-0.05, 0) is 55.5 Å². The first-order chi connectivity index (χ1) is 13.6. The third-order valence-corrected chi connectivity index (χ3v) is 4.63. The minimum Gasteiger partial charge on any atom is -0.484 e. The lowest BCUT2D eigenvalue weighted by Gasteiger charge is -2.07. The Morgan fingerprint density at radius 2 is 1.93 bits per heavy atom. The van der Waals surface area contributed by atoms with Gasteiger partial charge in [-0.3, -0.25) is 4.79 Å². The summed E-state index contributed by atoms with van der Waals surface area (Å²) in [6.45, 7) is 1.93. The molecule has 1 amide bonds. The van der Waals surface area contributed by atoms with Gasteiger partial charge in [0.2, 0.25) is 5.89 Å². The van der Waals surface area contributed by atoms with Crippen molar-refractivity contribution in [2.24, 2.45) is 0 Å². The Morgan fingerprint density at radius 3 is 2.71 bits per heavy atom. The van der Waals surface area contributed by atoms with Crippen molar-refractivity contribution in [2.75, 3.05) is 11.9 Å². The minimum atomic E-state index is -0.240. The van der Waals surface area contributed by atoms with Crippen molar-refractivity contribution in [1.29, 1.82) is 0 Å². The topological polar surface area (TPSA) is 64.4 Å². The number of nitrogens with one attached hydrogen (secondary N) is 1. The fraction of sp³-hybridized carbons (Fsp3) is 0.0909. The van der Waals surface area contributed by atoms with Crippen LogP contribution in [0.2, 0.25) is 0 Å². The maximum atomic E-state index is 12.2. The van der Waals surface area contributed by atoms with Gasteiger partial charge >= 0.3 is 0 Å². The first kappa shape index (κ1) is 18.3. The lowest BCUT2D eigenvalue weighted by molar-refractivity contribution is -0.118. The number of rotatable bonds is 5. The predicted octanol–water partition coefficient (Wildman–Crippen LogP) is 5.58. The standard InChI is InChI=1S/C22H17BrN2O3/c1-14-5-8-18(9-6-14)27-13-21(26)24-17-7-10-20-19(12-17)25-22(28-20)15-3-2-4-16(23)11-15/h2-12H,13H2,1H3,(H,24,26). The SMILES string of the molecule is Cc1ccc(OCC(=O)Nc2ccc3oc(-c4cccc(Br)c4)nc3c2)cc1. The zero-order valence-electron chi connectivity index (χ0n) is 15.1. The first-order valence-electron chi connectivity index (χ1n) is 8.73. The van der Waals surface area contributed by atoms with Crippen LogP contribution in [0.3, 0.4) is 0 Å². The van der Waals surface area contributed by atoms with Crippen molar-refractivity contribution in [3.8, 4) is 17.2 Å². The number of ether oxygens (including phenoxy) is 1. The smallest absolute Gasteiger partial charge is 0.262 e. The normalized spacial score (nSPS) is 10.8. The average Bonchev–Trinajstić information content (AvgIpc) is 3.11. The van der Waals surface area contributed by atoms with Crippen LogP contribution in [-0.4, -0.2) is 17.5 Å². The van der Waals surface area contributed by atoms with Crippen LogP contribution in [0.1, 0.15) is 5.56 Å². The molecule has 0 saturated heterocycles. The molecule has 5 nitrogen and oxygen atoms in total. The molecule has 0 bridgehead atoms. The van der Waals surface area contributed by atoms with Crippen molar-refractivity contribution in [2.45, 2.75) is 6.92 Å². The molecule has 1 N–H and O–H groups in total. The summed E-state index contributed by atoms with van der Waals surface area (Å²) in [6, 6.07) is 20.7. The number of halogens is 1. The number of carbonyl (C=O) groups excluding carboxylic acids is 1. The summed E-state index contributed by atoms with van der Waals surface area (Å²) < 4.78 is 12.3. The van der Waals surface area contributed by atoms with Crippen LogP contribution in [-0.2, 0) is 4.79 Å². The third-order valence-electron chi connectivity index (χ3n) is 4.13. The molecule has 0 unspecified atom stereocenters. The average molecular weight is 437 g/mol. The van der Waals surface area contributed by atoms with E-state index in [1.54, 1.807) is 18.2 Å². The van der Waals surface area contributed by atoms with Gasteiger partial charge in [-0.1, -0.05) is 39.7 Å². The van der Waals surface area contributed by atoms with Crippen LogP contribution in [0, 0.1) is 6.92 Å². The van der Waals surface area contributed by atoms with Gasteiger partial charge in [0.05, 0.1) is 0 Å². The summed E-state index contributed by atoms with van der Waals surface area (Å²) in [4.78, 5) is 16.7. The van der Waals surface area contributed by atoms with E-state index in [1.165, 1.54) is 0 Å². The number of hydrogen-bond acceptors (Lipinski definition) is 4. The summed E-state index contributed by atoms with van der Waals surface area (Å²) in [7, 11) is 0. The number of hydrogen-bond donors (Lipinski definition) is 1. The molecule has 6 heteroatoms. The van der Waals surface area contributed by atoms with Gasteiger partial charge < -0.3 is 14.5 Å². The van der Waals surface area contributed by atoms with Gasteiger partial charge in [0.1, 0.15) is 11.3 Å². The Balaban J connectivity index is 1.45. The van der Waals surface area contributed by atoms with Crippen molar-refractivity contribution in [1.82, 2.24) is 4.98 Å². The highest BCUT2D eigenvalue weighted by molar-refractivity contribution is 9.10. The Labute approximate surface area is 170 Å². The molecule has 0 aliphatic rings. The number of amides is 1. The van der Waals surface area contributed by atoms with E-state index in [2.05, 4.69) is 26.2 Å². The van der Waals surface area contributed by atoms with Crippen LogP contribution in [0.25, 0.3) is 22.6 Å². The van der Waals surface area contributed by atoms with Crippen molar-refractivity contribution >= 4 is 38.6 Å². The number of aryl methyl sites for hydroxylation is 1. The van der Waals surface area contributed by atoms with Crippen LogP contribution in [0.5, 0.6) is 5.75 Å². The number of fused-ring (bicyclic) bond motifs is 1. The van der Waals surface area contributed by atoms with E-state index in [4.69, 9.17) is 9.15 Å². The Kier molecular flexibility index (Phi) is 5.12. The van der Waals surface area contributed by atoms with E-state index in [0.717, 1.165) is 15.6 Å². The second-order valence-corrected chi connectivity index (χ2v) is 7.28. The predicted molar refractivity (Wildman–Crippen MR) is 112 cm³/mol. The molecule has 1 aromatic heterocycles. The van der Waals surface area contributed by atoms with Crippen molar-refractivity contribution in [3.63, 3.8) is 0 Å². The third kappa shape index (κ3) is 4.23. The van der Waals surface area contributed by atoms with Gasteiger partial charge in [0.25, 0.3) is 5.91 Å². The monoisotopic (exact) mass is 436 g/mol. The van der Waals surface area contributed by atoms with E-state index in [9.17, 15) is 4.79 Å². The molecule has 0 aliphatic carbocycles. The van der Waals surface area contributed by atoms with E-state index in [-0.39, 0.29) is 12.5 Å². The summed E-state index contributed by atoms with van der Waals surface area (Å²) >= 11 is 3.45. The second kappa shape index (κ2) is 7.86. The zero-order valence-corrected chi connectivity index (χ0v) is 16.7. The molecule has 4 rings (SSSR count). The molecule has 0 fully saturated rings. The van der Waals surface area contributed by atoms with E-state index >= 15 is 0 Å². The number of aromatic nitrogens is 1. The van der Waals surface area contributed by atoms with Gasteiger partial charge in [-0.15, -0.1) is 0 Å². The molecule has 0 saturated carbocycles. The molecule has 0 atom stereocenters. The Morgan fingerprint density at radius 1 is 1.11 bits per heavy atom. The van der Waals surface area contributed by atoms with Crippen molar-refractivity contribution < 1.29 is 13.9 Å². The van der Waals surface area contributed by atoms with Crippen molar-refractivity contribution in [3.05, 3.63) is 76.8 Å². The highest BCUT2D eigenvalue weighted by Crippen LogP contribution is 2.27. The molecule has 3 aromatic carbocycles. The van der Waals surface area contributed by atoms with Gasteiger partial charge in [-0.2, -0.15) is 0 Å². The van der Waals surface area contributed by atoms with E-state index in [1.807, 2.05) is 55.5 Å². The van der Waals surface area contributed by atoms with Crippen LogP contribution < -0.4 is 10.1 Å².